The molecule has 1 aliphatic heterocycles. The number of hydrogen-bond donors (Lipinski definition) is 2. The van der Waals surface area contributed by atoms with Crippen LogP contribution in [0.3, 0.4) is 0 Å². The molecule has 0 aromatic carbocycles. The molecule has 0 amide bonds. The summed E-state index contributed by atoms with van der Waals surface area (Å²) in [6.45, 7) is 1.61. The first kappa shape index (κ1) is 13.5. The summed E-state index contributed by atoms with van der Waals surface area (Å²) in [5.74, 6) is 0.205. The number of ether oxygens (including phenoxy) is 1. The third kappa shape index (κ3) is 3.31. The van der Waals surface area contributed by atoms with Crippen molar-refractivity contribution >= 4 is 5.84 Å². The SMILES string of the molecule is CN1CCCCC1COc1nccnc1C(N)=NO. The summed E-state index contributed by atoms with van der Waals surface area (Å²) in [4.78, 5) is 10.4. The summed E-state index contributed by atoms with van der Waals surface area (Å²) in [7, 11) is 2.09. The van der Waals surface area contributed by atoms with Gasteiger partial charge in [-0.25, -0.2) is 9.97 Å². The van der Waals surface area contributed by atoms with Gasteiger partial charge in [0.25, 0.3) is 0 Å². The Hall–Kier alpha value is -1.89. The lowest BCUT2D eigenvalue weighted by Crippen LogP contribution is -2.40. The van der Waals surface area contributed by atoms with Gasteiger partial charge in [-0.1, -0.05) is 11.6 Å². The summed E-state index contributed by atoms with van der Waals surface area (Å²) in [6, 6.07) is 0.371. The number of nitrogens with two attached hydrogens (primary N) is 1. The maximum atomic E-state index is 8.70. The van der Waals surface area contributed by atoms with Crippen molar-refractivity contribution in [3.63, 3.8) is 0 Å². The van der Waals surface area contributed by atoms with E-state index in [1.54, 1.807) is 0 Å². The molecule has 1 atom stereocenters. The molecule has 7 heteroatoms. The Labute approximate surface area is 112 Å². The quantitative estimate of drug-likeness (QED) is 0.355. The molecule has 104 valence electrons. The Morgan fingerprint density at radius 2 is 2.32 bits per heavy atom. The Bertz CT molecular complexity index is 452. The van der Waals surface area contributed by atoms with Crippen LogP contribution in [0, 0.1) is 0 Å². The molecule has 2 rings (SSSR count). The lowest BCUT2D eigenvalue weighted by atomic mass is 10.0. The molecule has 0 aliphatic carbocycles. The van der Waals surface area contributed by atoms with Gasteiger partial charge in [0.15, 0.2) is 11.5 Å². The summed E-state index contributed by atoms with van der Waals surface area (Å²) in [5.41, 5.74) is 5.81. The second-order valence-electron chi connectivity index (χ2n) is 4.64. The van der Waals surface area contributed by atoms with Crippen molar-refractivity contribution in [2.24, 2.45) is 10.9 Å². The van der Waals surface area contributed by atoms with Crippen molar-refractivity contribution in [2.75, 3.05) is 20.2 Å². The third-order valence-corrected chi connectivity index (χ3v) is 3.35. The van der Waals surface area contributed by atoms with Gasteiger partial charge in [0.2, 0.25) is 5.88 Å². The van der Waals surface area contributed by atoms with Gasteiger partial charge in [-0.15, -0.1) is 0 Å². The van der Waals surface area contributed by atoms with Crippen LogP contribution >= 0.6 is 0 Å². The Morgan fingerprint density at radius 1 is 1.53 bits per heavy atom. The van der Waals surface area contributed by atoms with Crippen LogP contribution in [-0.2, 0) is 0 Å². The van der Waals surface area contributed by atoms with E-state index in [2.05, 4.69) is 27.1 Å². The average Bonchev–Trinajstić information content (AvgIpc) is 2.46. The molecule has 19 heavy (non-hydrogen) atoms. The molecule has 7 nitrogen and oxygen atoms in total. The summed E-state index contributed by atoms with van der Waals surface area (Å²) in [5, 5.41) is 11.6. The highest BCUT2D eigenvalue weighted by Crippen LogP contribution is 2.17. The second kappa shape index (κ2) is 6.33. The highest BCUT2D eigenvalue weighted by molar-refractivity contribution is 5.97. The van der Waals surface area contributed by atoms with Crippen LogP contribution in [0.25, 0.3) is 0 Å². The predicted octanol–water partition coefficient (Wildman–Crippen LogP) is 0.434. The zero-order valence-corrected chi connectivity index (χ0v) is 11.0. The predicted molar refractivity (Wildman–Crippen MR) is 70.3 cm³/mol. The van der Waals surface area contributed by atoms with Crippen LogP contribution in [0.2, 0.25) is 0 Å². The Kier molecular flexibility index (Phi) is 4.51. The van der Waals surface area contributed by atoms with E-state index in [9.17, 15) is 0 Å². The van der Waals surface area contributed by atoms with Gasteiger partial charge < -0.3 is 20.6 Å². The lowest BCUT2D eigenvalue weighted by molar-refractivity contribution is 0.122. The van der Waals surface area contributed by atoms with E-state index in [0.717, 1.165) is 13.0 Å². The normalized spacial score (nSPS) is 21.3. The van der Waals surface area contributed by atoms with Crippen LogP contribution in [0.1, 0.15) is 25.0 Å². The Morgan fingerprint density at radius 3 is 3.05 bits per heavy atom. The number of oxime groups is 1. The molecule has 1 saturated heterocycles. The fraction of sp³-hybridized carbons (Fsp3) is 0.583. The van der Waals surface area contributed by atoms with Crippen LogP contribution in [-0.4, -0.2) is 52.2 Å². The van der Waals surface area contributed by atoms with Gasteiger partial charge in [-0.05, 0) is 26.4 Å². The minimum absolute atomic E-state index is 0.0971. The standard InChI is InChI=1S/C12H19N5O2/c1-17-7-3-2-4-9(17)8-19-12-10(11(13)16-18)14-5-6-15-12/h5-6,9,18H,2-4,7-8H2,1H3,(H2,13,16). The molecule has 0 bridgehead atoms. The number of hydrogen-bond acceptors (Lipinski definition) is 6. The lowest BCUT2D eigenvalue weighted by Gasteiger charge is -2.32. The number of nitrogens with zero attached hydrogens (tertiary/aromatic N) is 4. The molecule has 0 radical (unpaired) electrons. The van der Waals surface area contributed by atoms with Crippen LogP contribution in [0.4, 0.5) is 0 Å². The first-order valence-corrected chi connectivity index (χ1v) is 6.34. The van der Waals surface area contributed by atoms with Crippen molar-refractivity contribution < 1.29 is 9.94 Å². The molecule has 0 saturated carbocycles. The number of piperidine rings is 1. The summed E-state index contributed by atoms with van der Waals surface area (Å²) in [6.07, 6.45) is 6.55. The maximum absolute atomic E-state index is 8.70. The van der Waals surface area contributed by atoms with E-state index in [4.69, 9.17) is 15.7 Å². The van der Waals surface area contributed by atoms with E-state index < -0.39 is 0 Å². The highest BCUT2D eigenvalue weighted by Gasteiger charge is 2.20. The van der Waals surface area contributed by atoms with Gasteiger partial charge >= 0.3 is 0 Å². The van der Waals surface area contributed by atoms with E-state index in [1.165, 1.54) is 25.2 Å². The average molecular weight is 265 g/mol. The van der Waals surface area contributed by atoms with Crippen molar-refractivity contribution in [3.05, 3.63) is 18.1 Å². The number of aromatic nitrogens is 2. The molecular formula is C12H19N5O2. The molecule has 0 spiro atoms. The van der Waals surface area contributed by atoms with Gasteiger partial charge in [0, 0.05) is 18.4 Å². The molecule has 3 N–H and O–H groups in total. The van der Waals surface area contributed by atoms with E-state index >= 15 is 0 Å². The van der Waals surface area contributed by atoms with Crippen molar-refractivity contribution in [2.45, 2.75) is 25.3 Å². The van der Waals surface area contributed by atoms with Crippen LogP contribution < -0.4 is 10.5 Å². The third-order valence-electron chi connectivity index (χ3n) is 3.35. The Balaban J connectivity index is 2.03. The van der Waals surface area contributed by atoms with Crippen LogP contribution in [0.15, 0.2) is 17.5 Å². The largest absolute Gasteiger partial charge is 0.474 e. The second-order valence-corrected chi connectivity index (χ2v) is 4.64. The molecule has 1 aromatic heterocycles. The minimum atomic E-state index is -0.0971. The number of likely N-dealkylation sites (tertiary alicyclic amines) is 1. The van der Waals surface area contributed by atoms with Gasteiger partial charge in [0.1, 0.15) is 6.61 Å². The number of likely N-dealkylation sites (N-methyl/N-ethyl adjacent to an activating group) is 1. The summed E-state index contributed by atoms with van der Waals surface area (Å²) >= 11 is 0. The minimum Gasteiger partial charge on any atom is -0.474 e. The zero-order chi connectivity index (χ0) is 13.7. The molecule has 1 fully saturated rings. The zero-order valence-electron chi connectivity index (χ0n) is 11.0. The van der Waals surface area contributed by atoms with Gasteiger partial charge in [-0.2, -0.15) is 0 Å². The van der Waals surface area contributed by atoms with E-state index in [-0.39, 0.29) is 11.5 Å². The maximum Gasteiger partial charge on any atom is 0.244 e. The fourth-order valence-corrected chi connectivity index (χ4v) is 2.18. The molecule has 1 aliphatic rings. The van der Waals surface area contributed by atoms with Crippen LogP contribution in [0.5, 0.6) is 5.88 Å². The smallest absolute Gasteiger partial charge is 0.244 e. The molecule has 1 unspecified atom stereocenters. The molecule has 1 aromatic rings. The monoisotopic (exact) mass is 265 g/mol. The van der Waals surface area contributed by atoms with Crippen molar-refractivity contribution in [1.29, 1.82) is 0 Å². The van der Waals surface area contributed by atoms with Crippen molar-refractivity contribution in [3.8, 4) is 5.88 Å². The van der Waals surface area contributed by atoms with Crippen molar-refractivity contribution in [1.82, 2.24) is 14.9 Å². The highest BCUT2D eigenvalue weighted by atomic mass is 16.5. The van der Waals surface area contributed by atoms with E-state index in [0.29, 0.717) is 18.5 Å². The van der Waals surface area contributed by atoms with E-state index in [1.807, 2.05) is 0 Å². The molecular weight excluding hydrogens is 246 g/mol. The van der Waals surface area contributed by atoms with Gasteiger partial charge in [0.05, 0.1) is 0 Å². The first-order valence-electron chi connectivity index (χ1n) is 6.34. The summed E-state index contributed by atoms with van der Waals surface area (Å²) < 4.78 is 5.68. The fourth-order valence-electron chi connectivity index (χ4n) is 2.18. The van der Waals surface area contributed by atoms with Gasteiger partial charge in [-0.3, -0.25) is 0 Å². The topological polar surface area (TPSA) is 96.9 Å². The first-order chi connectivity index (χ1) is 9.22. The molecule has 2 heterocycles. The number of rotatable bonds is 4. The number of amidine groups is 1.